The van der Waals surface area contributed by atoms with Gasteiger partial charge in [-0.25, -0.2) is 0 Å². The molecule has 0 bridgehead atoms. The first-order chi connectivity index (χ1) is 7.13. The topological polar surface area (TPSA) is 29.9 Å². The van der Waals surface area contributed by atoms with Crippen LogP contribution in [0.4, 0.5) is 0 Å². The predicted octanol–water partition coefficient (Wildman–Crippen LogP) is 2.88. The van der Waals surface area contributed by atoms with Gasteiger partial charge in [0.15, 0.2) is 0 Å². The fourth-order valence-corrected chi connectivity index (χ4v) is 1.69. The molecule has 0 radical (unpaired) electrons. The van der Waals surface area contributed by atoms with Gasteiger partial charge in [-0.2, -0.15) is 5.10 Å². The van der Waals surface area contributed by atoms with Crippen LogP contribution in [-0.2, 0) is 0 Å². The minimum Gasteiger partial charge on any atom is -0.312 e. The Morgan fingerprint density at radius 1 is 1.53 bits per heavy atom. The van der Waals surface area contributed by atoms with Crippen LogP contribution in [0.3, 0.4) is 0 Å². The maximum atomic E-state index is 5.86. The molecule has 1 atom stereocenters. The molecule has 15 heavy (non-hydrogen) atoms. The Morgan fingerprint density at radius 2 is 2.27 bits per heavy atom. The molecule has 4 heteroatoms. The first-order valence-electron chi connectivity index (χ1n) is 5.56. The van der Waals surface area contributed by atoms with E-state index in [1.54, 1.807) is 6.20 Å². The van der Waals surface area contributed by atoms with E-state index in [0.717, 1.165) is 19.4 Å². The normalized spacial score (nSPS) is 13.4. The van der Waals surface area contributed by atoms with Gasteiger partial charge in [0.25, 0.3) is 0 Å². The fraction of sp³-hybridized carbons (Fsp3) is 0.727. The number of rotatable bonds is 6. The van der Waals surface area contributed by atoms with Gasteiger partial charge in [-0.1, -0.05) is 38.8 Å². The molecule has 1 aromatic heterocycles. The van der Waals surface area contributed by atoms with Crippen LogP contribution >= 0.6 is 11.6 Å². The second-order valence-electron chi connectivity index (χ2n) is 4.14. The molecule has 0 saturated heterocycles. The van der Waals surface area contributed by atoms with E-state index in [0.29, 0.717) is 17.1 Å². The molecule has 1 unspecified atom stereocenters. The van der Waals surface area contributed by atoms with E-state index in [2.05, 4.69) is 31.2 Å². The third kappa shape index (κ3) is 4.22. The summed E-state index contributed by atoms with van der Waals surface area (Å²) in [5.41, 5.74) is 0. The van der Waals surface area contributed by atoms with Crippen LogP contribution in [-0.4, -0.2) is 22.4 Å². The molecule has 0 aliphatic carbocycles. The molecule has 0 aliphatic rings. The van der Waals surface area contributed by atoms with Crippen molar-refractivity contribution in [2.24, 2.45) is 0 Å². The SMILES string of the molecule is CCCC(CNC(C)C)n1cc(Cl)cn1. The van der Waals surface area contributed by atoms with Gasteiger partial charge in [0, 0.05) is 18.8 Å². The summed E-state index contributed by atoms with van der Waals surface area (Å²) in [7, 11) is 0. The highest BCUT2D eigenvalue weighted by Gasteiger charge is 2.11. The molecule has 1 N–H and O–H groups in total. The van der Waals surface area contributed by atoms with Gasteiger partial charge in [-0.15, -0.1) is 0 Å². The number of nitrogens with zero attached hydrogens (tertiary/aromatic N) is 2. The zero-order chi connectivity index (χ0) is 11.3. The van der Waals surface area contributed by atoms with Crippen molar-refractivity contribution >= 4 is 11.6 Å². The highest BCUT2D eigenvalue weighted by Crippen LogP contribution is 2.15. The Hall–Kier alpha value is -0.540. The molecule has 0 saturated carbocycles. The third-order valence-electron chi connectivity index (χ3n) is 2.33. The zero-order valence-corrected chi connectivity index (χ0v) is 10.5. The van der Waals surface area contributed by atoms with Gasteiger partial charge < -0.3 is 5.32 Å². The molecule has 0 amide bonds. The molecule has 86 valence electrons. The Labute approximate surface area is 96.8 Å². The molecule has 1 heterocycles. The van der Waals surface area contributed by atoms with Crippen molar-refractivity contribution in [3.63, 3.8) is 0 Å². The van der Waals surface area contributed by atoms with Gasteiger partial charge in [0.05, 0.1) is 17.3 Å². The molecule has 0 aromatic carbocycles. The Bertz CT molecular complexity index is 283. The lowest BCUT2D eigenvalue weighted by Crippen LogP contribution is -2.30. The number of nitrogens with one attached hydrogen (secondary N) is 1. The molecule has 0 aliphatic heterocycles. The van der Waals surface area contributed by atoms with Gasteiger partial charge >= 0.3 is 0 Å². The van der Waals surface area contributed by atoms with Crippen LogP contribution < -0.4 is 5.32 Å². The van der Waals surface area contributed by atoms with E-state index < -0.39 is 0 Å². The van der Waals surface area contributed by atoms with E-state index in [9.17, 15) is 0 Å². The van der Waals surface area contributed by atoms with Gasteiger partial charge in [-0.05, 0) is 6.42 Å². The maximum Gasteiger partial charge on any atom is 0.0785 e. The molecule has 3 nitrogen and oxygen atoms in total. The van der Waals surface area contributed by atoms with Crippen LogP contribution in [0.25, 0.3) is 0 Å². The maximum absolute atomic E-state index is 5.86. The van der Waals surface area contributed by atoms with Gasteiger partial charge in [0.2, 0.25) is 0 Å². The highest BCUT2D eigenvalue weighted by atomic mass is 35.5. The number of aromatic nitrogens is 2. The first-order valence-corrected chi connectivity index (χ1v) is 5.94. The summed E-state index contributed by atoms with van der Waals surface area (Å²) in [4.78, 5) is 0. The molecule has 1 rings (SSSR count). The van der Waals surface area contributed by atoms with Crippen LogP contribution in [0.2, 0.25) is 5.02 Å². The van der Waals surface area contributed by atoms with Crippen molar-refractivity contribution in [3.8, 4) is 0 Å². The molecule has 1 aromatic rings. The summed E-state index contributed by atoms with van der Waals surface area (Å²) in [6, 6.07) is 0.917. The monoisotopic (exact) mass is 229 g/mol. The number of halogens is 1. The number of hydrogen-bond donors (Lipinski definition) is 1. The van der Waals surface area contributed by atoms with E-state index >= 15 is 0 Å². The van der Waals surface area contributed by atoms with Crippen molar-refractivity contribution in [1.82, 2.24) is 15.1 Å². The Kier molecular flexibility index (Phi) is 5.12. The first kappa shape index (κ1) is 12.5. The smallest absolute Gasteiger partial charge is 0.0785 e. The summed E-state index contributed by atoms with van der Waals surface area (Å²) >= 11 is 5.86. The van der Waals surface area contributed by atoms with Crippen molar-refractivity contribution < 1.29 is 0 Å². The van der Waals surface area contributed by atoms with E-state index in [-0.39, 0.29) is 0 Å². The lowest BCUT2D eigenvalue weighted by Gasteiger charge is -2.19. The van der Waals surface area contributed by atoms with E-state index in [4.69, 9.17) is 11.6 Å². The van der Waals surface area contributed by atoms with Crippen molar-refractivity contribution in [3.05, 3.63) is 17.4 Å². The fourth-order valence-electron chi connectivity index (χ4n) is 1.55. The Balaban J connectivity index is 2.57. The predicted molar refractivity (Wildman–Crippen MR) is 64.3 cm³/mol. The van der Waals surface area contributed by atoms with Crippen LogP contribution in [0.1, 0.15) is 39.7 Å². The average Bonchev–Trinajstić information content (AvgIpc) is 2.59. The molecule has 0 spiro atoms. The highest BCUT2D eigenvalue weighted by molar-refractivity contribution is 6.30. The second-order valence-corrected chi connectivity index (χ2v) is 4.58. The molecular weight excluding hydrogens is 210 g/mol. The Morgan fingerprint density at radius 3 is 2.73 bits per heavy atom. The lowest BCUT2D eigenvalue weighted by atomic mass is 10.1. The van der Waals surface area contributed by atoms with Crippen LogP contribution in [0.5, 0.6) is 0 Å². The van der Waals surface area contributed by atoms with E-state index in [1.165, 1.54) is 0 Å². The van der Waals surface area contributed by atoms with E-state index in [1.807, 2.05) is 10.9 Å². The third-order valence-corrected chi connectivity index (χ3v) is 2.52. The average molecular weight is 230 g/mol. The van der Waals surface area contributed by atoms with Gasteiger partial charge in [0.1, 0.15) is 0 Å². The zero-order valence-electron chi connectivity index (χ0n) is 9.70. The summed E-state index contributed by atoms with van der Waals surface area (Å²) in [6.45, 7) is 7.44. The quantitative estimate of drug-likeness (QED) is 0.813. The van der Waals surface area contributed by atoms with Crippen LogP contribution in [0.15, 0.2) is 12.4 Å². The molecular formula is C11H20ClN3. The second kappa shape index (κ2) is 6.13. The van der Waals surface area contributed by atoms with Crippen molar-refractivity contribution in [1.29, 1.82) is 0 Å². The minimum absolute atomic E-state index is 0.407. The lowest BCUT2D eigenvalue weighted by molar-refractivity contribution is 0.382. The number of hydrogen-bond acceptors (Lipinski definition) is 2. The summed E-state index contributed by atoms with van der Waals surface area (Å²) in [5.74, 6) is 0. The van der Waals surface area contributed by atoms with Crippen molar-refractivity contribution in [2.75, 3.05) is 6.54 Å². The molecule has 0 fully saturated rings. The summed E-state index contributed by atoms with van der Waals surface area (Å²) in [5, 5.41) is 8.40. The minimum atomic E-state index is 0.407. The van der Waals surface area contributed by atoms with Gasteiger partial charge in [-0.3, -0.25) is 4.68 Å². The largest absolute Gasteiger partial charge is 0.312 e. The van der Waals surface area contributed by atoms with Crippen molar-refractivity contribution in [2.45, 2.75) is 45.7 Å². The standard InChI is InChI=1S/C11H20ClN3/c1-4-5-11(7-13-9(2)3)15-8-10(12)6-14-15/h6,8-9,11,13H,4-5,7H2,1-3H3. The summed E-state index contributed by atoms with van der Waals surface area (Å²) < 4.78 is 1.96. The van der Waals surface area contributed by atoms with Crippen LogP contribution in [0, 0.1) is 0 Å². The summed E-state index contributed by atoms with van der Waals surface area (Å²) in [6.07, 6.45) is 5.86.